The molecule has 0 spiro atoms. The lowest BCUT2D eigenvalue weighted by molar-refractivity contribution is 0.659. The third-order valence-electron chi connectivity index (χ3n) is 2.19. The maximum Gasteiger partial charge on any atom is 0.0572 e. The summed E-state index contributed by atoms with van der Waals surface area (Å²) in [5.41, 5.74) is 0. The Morgan fingerprint density at radius 2 is 1.40 bits per heavy atom. The molecular formula is C11H25PS3. The van der Waals surface area contributed by atoms with E-state index in [2.05, 4.69) is 43.5 Å². The maximum absolute atomic E-state index is 5.82. The van der Waals surface area contributed by atoms with E-state index < -0.39 is 4.44 Å². The molecule has 0 aliphatic carbocycles. The summed E-state index contributed by atoms with van der Waals surface area (Å²) >= 11 is 9.93. The van der Waals surface area contributed by atoms with Crippen molar-refractivity contribution >= 4 is 39.0 Å². The first-order chi connectivity index (χ1) is 7.18. The molecule has 0 aliphatic rings. The van der Waals surface area contributed by atoms with E-state index in [0.29, 0.717) is 0 Å². The summed E-state index contributed by atoms with van der Waals surface area (Å²) in [5.74, 6) is 2.39. The fraction of sp³-hybridized carbons (Fsp3) is 1.00. The topological polar surface area (TPSA) is 0 Å². The van der Waals surface area contributed by atoms with Gasteiger partial charge in [-0.2, -0.15) is 0 Å². The lowest BCUT2D eigenvalue weighted by atomic mass is 10.2. The van der Waals surface area contributed by atoms with E-state index in [1.54, 1.807) is 0 Å². The summed E-state index contributed by atoms with van der Waals surface area (Å²) in [6.07, 6.45) is 8.19. The normalized spacial score (nSPS) is 11.9. The molecule has 0 radical (unpaired) electrons. The van der Waals surface area contributed by atoms with Gasteiger partial charge in [0.2, 0.25) is 0 Å². The fourth-order valence-corrected chi connectivity index (χ4v) is 12.2. The zero-order chi connectivity index (χ0) is 11.6. The van der Waals surface area contributed by atoms with Gasteiger partial charge in [-0.05, 0) is 24.1 Å². The summed E-state index contributed by atoms with van der Waals surface area (Å²) in [4.78, 5) is 0. The molecule has 0 atom stereocenters. The number of hydrogen-bond donors (Lipinski definition) is 0. The van der Waals surface area contributed by atoms with Crippen LogP contribution in [0.1, 0.15) is 52.9 Å². The fourth-order valence-electron chi connectivity index (χ4n) is 1.47. The van der Waals surface area contributed by atoms with Gasteiger partial charge in [-0.3, -0.25) is 0 Å². The Labute approximate surface area is 109 Å². The average molecular weight is 284 g/mol. The lowest BCUT2D eigenvalue weighted by Crippen LogP contribution is -1.86. The Kier molecular flexibility index (Phi) is 11.4. The van der Waals surface area contributed by atoms with Gasteiger partial charge in [-0.15, -0.1) is 22.8 Å². The van der Waals surface area contributed by atoms with Gasteiger partial charge in [-0.25, -0.2) is 0 Å². The summed E-state index contributed by atoms with van der Waals surface area (Å²) in [6.45, 7) is 6.74. The van der Waals surface area contributed by atoms with Crippen LogP contribution in [-0.2, 0) is 11.8 Å². The molecule has 0 heterocycles. The van der Waals surface area contributed by atoms with E-state index in [-0.39, 0.29) is 0 Å². The van der Waals surface area contributed by atoms with E-state index >= 15 is 0 Å². The minimum atomic E-state index is -1.10. The van der Waals surface area contributed by atoms with Crippen LogP contribution in [0, 0.1) is 0 Å². The van der Waals surface area contributed by atoms with Gasteiger partial charge < -0.3 is 0 Å². The Morgan fingerprint density at radius 3 is 1.87 bits per heavy atom. The molecule has 0 saturated heterocycles. The first-order valence-electron chi connectivity index (χ1n) is 6.06. The Morgan fingerprint density at radius 1 is 0.867 bits per heavy atom. The van der Waals surface area contributed by atoms with Crippen LogP contribution in [0.25, 0.3) is 0 Å². The summed E-state index contributed by atoms with van der Waals surface area (Å²) in [5, 5.41) is 0. The van der Waals surface area contributed by atoms with Gasteiger partial charge in [0.25, 0.3) is 0 Å². The van der Waals surface area contributed by atoms with Gasteiger partial charge in [0.1, 0.15) is 0 Å². The van der Waals surface area contributed by atoms with E-state index in [9.17, 15) is 0 Å². The molecule has 0 aromatic heterocycles. The summed E-state index contributed by atoms with van der Waals surface area (Å²) < 4.78 is -1.10. The Hall–Kier alpha value is 1.35. The van der Waals surface area contributed by atoms with Crippen LogP contribution >= 0.6 is 27.2 Å². The third kappa shape index (κ3) is 9.09. The molecule has 0 bridgehead atoms. The van der Waals surface area contributed by atoms with Crippen molar-refractivity contribution in [3.05, 3.63) is 0 Å². The first-order valence-corrected chi connectivity index (χ1v) is 12.2. The average Bonchev–Trinajstić information content (AvgIpc) is 2.18. The minimum Gasteiger partial charge on any atom is -0.114 e. The quantitative estimate of drug-likeness (QED) is 0.369. The molecule has 92 valence electrons. The van der Waals surface area contributed by atoms with Crippen LogP contribution in [0.15, 0.2) is 0 Å². The Balaban J connectivity index is 3.71. The second-order valence-electron chi connectivity index (χ2n) is 3.58. The number of hydrogen-bond acceptors (Lipinski definition) is 3. The molecular weight excluding hydrogens is 259 g/mol. The van der Waals surface area contributed by atoms with Crippen molar-refractivity contribution in [2.45, 2.75) is 52.9 Å². The zero-order valence-corrected chi connectivity index (χ0v) is 13.7. The highest BCUT2D eigenvalue weighted by Gasteiger charge is 2.15. The largest absolute Gasteiger partial charge is 0.114 e. The van der Waals surface area contributed by atoms with Crippen LogP contribution in [0.5, 0.6) is 0 Å². The van der Waals surface area contributed by atoms with Crippen LogP contribution in [0.3, 0.4) is 0 Å². The predicted octanol–water partition coefficient (Wildman–Crippen LogP) is 5.77. The highest BCUT2D eigenvalue weighted by atomic mass is 33.2. The first kappa shape index (κ1) is 16.4. The maximum atomic E-state index is 5.82. The molecule has 0 aromatic rings. The molecule has 0 nitrogen and oxygen atoms in total. The van der Waals surface area contributed by atoms with Gasteiger partial charge in [-0.1, -0.05) is 58.3 Å². The van der Waals surface area contributed by atoms with Crippen LogP contribution in [0.4, 0.5) is 0 Å². The monoisotopic (exact) mass is 284 g/mol. The summed E-state index contributed by atoms with van der Waals surface area (Å²) in [7, 11) is 0. The molecule has 0 aliphatic heterocycles. The molecule has 0 unspecified atom stereocenters. The molecule has 0 saturated carbocycles. The van der Waals surface area contributed by atoms with Crippen molar-refractivity contribution in [1.29, 1.82) is 0 Å². The molecule has 0 aromatic carbocycles. The van der Waals surface area contributed by atoms with E-state index in [1.807, 2.05) is 0 Å². The molecule has 0 fully saturated rings. The van der Waals surface area contributed by atoms with Gasteiger partial charge in [0.05, 0.1) is 4.44 Å². The second kappa shape index (κ2) is 10.5. The highest BCUT2D eigenvalue weighted by molar-refractivity contribution is 9.00. The highest BCUT2D eigenvalue weighted by Crippen LogP contribution is 2.69. The molecule has 0 N–H and O–H groups in total. The SMILES string of the molecule is CCCCCCCP(=S)(SCC)SCC. The second-order valence-corrected chi connectivity index (χ2v) is 16.2. The standard InChI is InChI=1S/C11H25PS3/c1-4-7-8-9-10-11-12(13,14-5-2)15-6-3/h4-11H2,1-3H3. The smallest absolute Gasteiger partial charge is 0.0572 e. The van der Waals surface area contributed by atoms with E-state index in [0.717, 1.165) is 0 Å². The van der Waals surface area contributed by atoms with E-state index in [1.165, 1.54) is 49.8 Å². The van der Waals surface area contributed by atoms with Gasteiger partial charge in [0, 0.05) is 0 Å². The van der Waals surface area contributed by atoms with E-state index in [4.69, 9.17) is 11.8 Å². The molecule has 0 rings (SSSR count). The van der Waals surface area contributed by atoms with Gasteiger partial charge >= 0.3 is 0 Å². The summed E-state index contributed by atoms with van der Waals surface area (Å²) in [6, 6.07) is 0. The molecule has 4 heteroatoms. The van der Waals surface area contributed by atoms with Crippen molar-refractivity contribution in [3.63, 3.8) is 0 Å². The van der Waals surface area contributed by atoms with Crippen LogP contribution < -0.4 is 0 Å². The van der Waals surface area contributed by atoms with Crippen LogP contribution in [0.2, 0.25) is 0 Å². The van der Waals surface area contributed by atoms with Crippen molar-refractivity contribution < 1.29 is 0 Å². The number of unbranched alkanes of at least 4 members (excludes halogenated alkanes) is 4. The van der Waals surface area contributed by atoms with Crippen LogP contribution in [-0.4, -0.2) is 17.7 Å². The van der Waals surface area contributed by atoms with Crippen molar-refractivity contribution in [3.8, 4) is 0 Å². The lowest BCUT2D eigenvalue weighted by Gasteiger charge is -2.19. The molecule has 15 heavy (non-hydrogen) atoms. The molecule has 0 amide bonds. The predicted molar refractivity (Wildman–Crippen MR) is 84.2 cm³/mol. The van der Waals surface area contributed by atoms with Crippen molar-refractivity contribution in [2.75, 3.05) is 17.7 Å². The van der Waals surface area contributed by atoms with Crippen molar-refractivity contribution in [1.82, 2.24) is 0 Å². The third-order valence-corrected chi connectivity index (χ3v) is 13.7. The zero-order valence-electron chi connectivity index (χ0n) is 10.3. The number of rotatable bonds is 10. The van der Waals surface area contributed by atoms with Crippen molar-refractivity contribution in [2.24, 2.45) is 0 Å². The Bertz CT molecular complexity index is 173. The van der Waals surface area contributed by atoms with Gasteiger partial charge in [0.15, 0.2) is 0 Å². The minimum absolute atomic E-state index is 1.10.